The standard InChI is InChI=1S/C31H26N4O6/c1-16-18-9-10-24(21(18)8-7-19(16)31(39)40)35-29(37)22-13-26(33-23-5-3-2-4-20(22)23)30(38)32-14-17-6-11-27-25(12-17)34-28(36)15-41-27/h2-8,11-13,24H,9-10,14-15H2,1H3,(H,32,38)(H,34,36)(H,35,37)(H,39,40)/t24-/m0/s1. The number of ether oxygens (including phenoxy) is 1. The second-order valence-corrected chi connectivity index (χ2v) is 10.1. The summed E-state index contributed by atoms with van der Waals surface area (Å²) in [6.45, 7) is 1.93. The summed E-state index contributed by atoms with van der Waals surface area (Å²) in [6, 6.07) is 17.0. The molecule has 0 fully saturated rings. The van der Waals surface area contributed by atoms with Crippen LogP contribution in [-0.4, -0.2) is 40.4 Å². The van der Waals surface area contributed by atoms with E-state index in [0.717, 1.165) is 16.7 Å². The lowest BCUT2D eigenvalue weighted by Crippen LogP contribution is -2.29. The van der Waals surface area contributed by atoms with Crippen LogP contribution in [0.25, 0.3) is 10.9 Å². The Labute approximate surface area is 234 Å². The number of aromatic carboxylic acids is 1. The van der Waals surface area contributed by atoms with Crippen LogP contribution >= 0.6 is 0 Å². The maximum Gasteiger partial charge on any atom is 0.335 e. The molecule has 41 heavy (non-hydrogen) atoms. The number of aromatic nitrogens is 1. The van der Waals surface area contributed by atoms with Crippen molar-refractivity contribution in [1.29, 1.82) is 0 Å². The van der Waals surface area contributed by atoms with E-state index >= 15 is 0 Å². The number of fused-ring (bicyclic) bond motifs is 3. The monoisotopic (exact) mass is 550 g/mol. The maximum absolute atomic E-state index is 13.6. The first-order chi connectivity index (χ1) is 19.8. The van der Waals surface area contributed by atoms with Crippen LogP contribution in [0.1, 0.15) is 65.9 Å². The molecule has 0 saturated carbocycles. The van der Waals surface area contributed by atoms with Gasteiger partial charge in [0, 0.05) is 11.9 Å². The molecule has 2 aliphatic rings. The smallest absolute Gasteiger partial charge is 0.335 e. The van der Waals surface area contributed by atoms with Gasteiger partial charge in [0.15, 0.2) is 6.61 Å². The van der Waals surface area contributed by atoms with E-state index in [1.807, 2.05) is 0 Å². The Morgan fingerprint density at radius 1 is 1.05 bits per heavy atom. The van der Waals surface area contributed by atoms with Gasteiger partial charge in [0.05, 0.1) is 28.4 Å². The number of rotatable bonds is 6. The predicted octanol–water partition coefficient (Wildman–Crippen LogP) is 3.92. The number of carbonyl (C=O) groups is 4. The number of anilines is 1. The third-order valence-electron chi connectivity index (χ3n) is 7.55. The molecule has 0 unspecified atom stereocenters. The molecule has 1 atom stereocenters. The second-order valence-electron chi connectivity index (χ2n) is 10.1. The number of pyridine rings is 1. The fraction of sp³-hybridized carbons (Fsp3) is 0.194. The largest absolute Gasteiger partial charge is 0.482 e. The molecule has 1 aliphatic carbocycles. The minimum atomic E-state index is -0.973. The summed E-state index contributed by atoms with van der Waals surface area (Å²) in [5, 5.41) is 18.7. The Bertz CT molecular complexity index is 1770. The number of amides is 3. The Hall–Kier alpha value is -5.25. The molecule has 0 radical (unpaired) electrons. The summed E-state index contributed by atoms with van der Waals surface area (Å²) >= 11 is 0. The van der Waals surface area contributed by atoms with Gasteiger partial charge >= 0.3 is 5.97 Å². The van der Waals surface area contributed by atoms with Crippen molar-refractivity contribution in [2.24, 2.45) is 0 Å². The van der Waals surface area contributed by atoms with Gasteiger partial charge in [0.25, 0.3) is 17.7 Å². The maximum atomic E-state index is 13.6. The number of carbonyl (C=O) groups excluding carboxylic acids is 3. The van der Waals surface area contributed by atoms with Gasteiger partial charge in [0.1, 0.15) is 11.4 Å². The van der Waals surface area contributed by atoms with Gasteiger partial charge in [-0.3, -0.25) is 14.4 Å². The van der Waals surface area contributed by atoms with Crippen molar-refractivity contribution in [3.63, 3.8) is 0 Å². The van der Waals surface area contributed by atoms with E-state index in [4.69, 9.17) is 4.74 Å². The topological polar surface area (TPSA) is 147 Å². The van der Waals surface area contributed by atoms with E-state index in [0.29, 0.717) is 46.3 Å². The molecule has 3 amide bonds. The SMILES string of the molecule is Cc1c(C(=O)O)ccc2c1CC[C@@H]2NC(=O)c1cc(C(=O)NCc2ccc3c(c2)NC(=O)CO3)nc2ccccc12. The van der Waals surface area contributed by atoms with Gasteiger partial charge in [-0.25, -0.2) is 9.78 Å². The van der Waals surface area contributed by atoms with Crippen LogP contribution in [0.5, 0.6) is 5.75 Å². The van der Waals surface area contributed by atoms with Crippen molar-refractivity contribution in [3.05, 3.63) is 99.7 Å². The Morgan fingerprint density at radius 3 is 2.71 bits per heavy atom. The molecule has 0 saturated heterocycles. The molecule has 4 N–H and O–H groups in total. The fourth-order valence-electron chi connectivity index (χ4n) is 5.49. The fourth-order valence-corrected chi connectivity index (χ4v) is 5.49. The molecule has 4 aromatic rings. The lowest BCUT2D eigenvalue weighted by atomic mass is 9.98. The van der Waals surface area contributed by atoms with Crippen LogP contribution in [0, 0.1) is 6.92 Å². The third kappa shape index (κ3) is 4.95. The third-order valence-corrected chi connectivity index (χ3v) is 7.55. The molecular weight excluding hydrogens is 524 g/mol. The summed E-state index contributed by atoms with van der Waals surface area (Å²) in [5.41, 5.74) is 5.05. The van der Waals surface area contributed by atoms with Crippen molar-refractivity contribution in [3.8, 4) is 5.75 Å². The first kappa shape index (κ1) is 26.0. The number of nitrogens with one attached hydrogen (secondary N) is 3. The highest BCUT2D eigenvalue weighted by molar-refractivity contribution is 6.08. The molecule has 10 nitrogen and oxygen atoms in total. The average molecular weight is 551 g/mol. The minimum absolute atomic E-state index is 0.0365. The summed E-state index contributed by atoms with van der Waals surface area (Å²) in [6.07, 6.45) is 1.31. The number of hydrogen-bond acceptors (Lipinski definition) is 6. The average Bonchev–Trinajstić information content (AvgIpc) is 3.38. The normalized spacial score (nSPS) is 15.3. The number of benzene rings is 3. The predicted molar refractivity (Wildman–Crippen MR) is 150 cm³/mol. The van der Waals surface area contributed by atoms with Gasteiger partial charge in [-0.05, 0) is 72.4 Å². The van der Waals surface area contributed by atoms with Crippen LogP contribution in [0.15, 0.2) is 60.7 Å². The van der Waals surface area contributed by atoms with Crippen LogP contribution in [0.4, 0.5) is 5.69 Å². The van der Waals surface area contributed by atoms with Crippen molar-refractivity contribution >= 4 is 40.3 Å². The van der Waals surface area contributed by atoms with Crippen molar-refractivity contribution in [2.75, 3.05) is 11.9 Å². The van der Waals surface area contributed by atoms with Gasteiger partial charge in [-0.1, -0.05) is 30.3 Å². The Kier molecular flexibility index (Phi) is 6.58. The summed E-state index contributed by atoms with van der Waals surface area (Å²) in [5.74, 6) is -1.45. The van der Waals surface area contributed by atoms with E-state index in [-0.39, 0.29) is 42.3 Å². The minimum Gasteiger partial charge on any atom is -0.482 e. The lowest BCUT2D eigenvalue weighted by molar-refractivity contribution is -0.118. The Morgan fingerprint density at radius 2 is 1.88 bits per heavy atom. The molecule has 6 rings (SSSR count). The van der Waals surface area contributed by atoms with Crippen LogP contribution in [0.3, 0.4) is 0 Å². The van der Waals surface area contributed by atoms with Crippen molar-refractivity contribution in [2.45, 2.75) is 32.4 Å². The highest BCUT2D eigenvalue weighted by Crippen LogP contribution is 2.35. The molecule has 206 valence electrons. The molecular formula is C31H26N4O6. The van der Waals surface area contributed by atoms with E-state index in [2.05, 4.69) is 20.9 Å². The Balaban J connectivity index is 1.23. The van der Waals surface area contributed by atoms with Crippen molar-refractivity contribution in [1.82, 2.24) is 15.6 Å². The van der Waals surface area contributed by atoms with Crippen LogP contribution < -0.4 is 20.7 Å². The summed E-state index contributed by atoms with van der Waals surface area (Å²) in [4.78, 5) is 54.4. The first-order valence-electron chi connectivity index (χ1n) is 13.2. The zero-order valence-corrected chi connectivity index (χ0v) is 22.1. The zero-order valence-electron chi connectivity index (χ0n) is 22.1. The molecule has 1 aromatic heterocycles. The molecule has 3 aromatic carbocycles. The molecule has 0 bridgehead atoms. The molecule has 2 heterocycles. The van der Waals surface area contributed by atoms with E-state index in [1.165, 1.54) is 6.07 Å². The number of carboxylic acids is 1. The number of nitrogens with zero attached hydrogens (tertiary/aromatic N) is 1. The van der Waals surface area contributed by atoms with E-state index in [1.54, 1.807) is 61.5 Å². The number of para-hydroxylation sites is 1. The second kappa shape index (κ2) is 10.4. The van der Waals surface area contributed by atoms with Gasteiger partial charge in [-0.2, -0.15) is 0 Å². The van der Waals surface area contributed by atoms with Gasteiger partial charge < -0.3 is 25.8 Å². The van der Waals surface area contributed by atoms with Crippen molar-refractivity contribution < 1.29 is 29.0 Å². The summed E-state index contributed by atoms with van der Waals surface area (Å²) < 4.78 is 5.38. The first-order valence-corrected chi connectivity index (χ1v) is 13.2. The molecule has 1 aliphatic heterocycles. The molecule has 0 spiro atoms. The highest BCUT2D eigenvalue weighted by atomic mass is 16.5. The van der Waals surface area contributed by atoms with Crippen LogP contribution in [0.2, 0.25) is 0 Å². The van der Waals surface area contributed by atoms with Crippen LogP contribution in [-0.2, 0) is 17.8 Å². The van der Waals surface area contributed by atoms with Gasteiger partial charge in [0.2, 0.25) is 0 Å². The van der Waals surface area contributed by atoms with E-state index in [9.17, 15) is 24.3 Å². The quantitative estimate of drug-likeness (QED) is 0.285. The summed E-state index contributed by atoms with van der Waals surface area (Å²) in [7, 11) is 0. The molecule has 10 heteroatoms. The zero-order chi connectivity index (χ0) is 28.7. The highest BCUT2D eigenvalue weighted by Gasteiger charge is 2.28. The number of carboxylic acid groups (broad SMARTS) is 1. The lowest BCUT2D eigenvalue weighted by Gasteiger charge is -2.18. The van der Waals surface area contributed by atoms with Gasteiger partial charge in [-0.15, -0.1) is 0 Å². The van der Waals surface area contributed by atoms with E-state index < -0.39 is 11.9 Å². The number of hydrogen-bond donors (Lipinski definition) is 4.